The summed E-state index contributed by atoms with van der Waals surface area (Å²) in [5.74, 6) is -1.05. The SMILES string of the molecule is CN(C)c1ccc(C(=O)NCC2(C(=O)O)CC2)cc1. The van der Waals surface area contributed by atoms with Crippen molar-refractivity contribution in [2.24, 2.45) is 5.41 Å². The van der Waals surface area contributed by atoms with Crippen LogP contribution < -0.4 is 10.2 Å². The molecule has 1 aliphatic rings. The molecule has 0 spiro atoms. The van der Waals surface area contributed by atoms with Gasteiger partial charge in [0.25, 0.3) is 5.91 Å². The van der Waals surface area contributed by atoms with Crippen molar-refractivity contribution in [2.45, 2.75) is 12.8 Å². The van der Waals surface area contributed by atoms with E-state index in [9.17, 15) is 9.59 Å². The van der Waals surface area contributed by atoms with E-state index in [-0.39, 0.29) is 12.5 Å². The van der Waals surface area contributed by atoms with E-state index in [1.165, 1.54) is 0 Å². The number of carboxylic acids is 1. The van der Waals surface area contributed by atoms with Crippen LogP contribution in [0.25, 0.3) is 0 Å². The highest BCUT2D eigenvalue weighted by atomic mass is 16.4. The van der Waals surface area contributed by atoms with Gasteiger partial charge in [-0.3, -0.25) is 9.59 Å². The number of carbonyl (C=O) groups excluding carboxylic acids is 1. The summed E-state index contributed by atoms with van der Waals surface area (Å²) in [4.78, 5) is 24.9. The number of benzene rings is 1. The second-order valence-corrected chi connectivity index (χ2v) is 5.21. The molecule has 1 saturated carbocycles. The summed E-state index contributed by atoms with van der Waals surface area (Å²) in [6.07, 6.45) is 1.28. The number of hydrogen-bond acceptors (Lipinski definition) is 3. The Morgan fingerprint density at radius 3 is 2.26 bits per heavy atom. The first-order valence-electron chi connectivity index (χ1n) is 6.24. The molecule has 0 heterocycles. The van der Waals surface area contributed by atoms with Crippen LogP contribution in [0.1, 0.15) is 23.2 Å². The van der Waals surface area contributed by atoms with Crippen LogP contribution in [-0.4, -0.2) is 37.6 Å². The Morgan fingerprint density at radius 2 is 1.84 bits per heavy atom. The number of carboxylic acid groups (broad SMARTS) is 1. The van der Waals surface area contributed by atoms with Crippen molar-refractivity contribution in [3.8, 4) is 0 Å². The Labute approximate surface area is 112 Å². The summed E-state index contributed by atoms with van der Waals surface area (Å²) in [6.45, 7) is 0.205. The van der Waals surface area contributed by atoms with Gasteiger partial charge in [-0.1, -0.05) is 0 Å². The maximum Gasteiger partial charge on any atom is 0.311 e. The molecule has 0 aromatic heterocycles. The Balaban J connectivity index is 1.95. The quantitative estimate of drug-likeness (QED) is 0.840. The molecule has 1 amide bonds. The summed E-state index contributed by atoms with van der Waals surface area (Å²) in [5.41, 5.74) is 0.840. The lowest BCUT2D eigenvalue weighted by atomic mass is 10.1. The molecule has 0 bridgehead atoms. The van der Waals surface area contributed by atoms with Gasteiger partial charge >= 0.3 is 5.97 Å². The maximum absolute atomic E-state index is 11.9. The van der Waals surface area contributed by atoms with Gasteiger partial charge in [0.15, 0.2) is 0 Å². The van der Waals surface area contributed by atoms with Crippen LogP contribution in [0.3, 0.4) is 0 Å². The van der Waals surface area contributed by atoms with Gasteiger partial charge in [0, 0.05) is 31.9 Å². The second kappa shape index (κ2) is 4.91. The molecule has 5 nitrogen and oxygen atoms in total. The highest BCUT2D eigenvalue weighted by Gasteiger charge is 2.50. The molecule has 0 unspecified atom stereocenters. The molecule has 1 aromatic rings. The normalized spacial score (nSPS) is 15.7. The fraction of sp³-hybridized carbons (Fsp3) is 0.429. The predicted molar refractivity (Wildman–Crippen MR) is 72.4 cm³/mol. The second-order valence-electron chi connectivity index (χ2n) is 5.21. The average molecular weight is 262 g/mol. The number of amides is 1. The van der Waals surface area contributed by atoms with E-state index in [0.717, 1.165) is 5.69 Å². The number of carbonyl (C=O) groups is 2. The average Bonchev–Trinajstić information content (AvgIpc) is 3.17. The summed E-state index contributed by atoms with van der Waals surface area (Å²) in [5, 5.41) is 11.7. The minimum absolute atomic E-state index is 0.205. The van der Waals surface area contributed by atoms with Crippen LogP contribution in [0.4, 0.5) is 5.69 Å². The largest absolute Gasteiger partial charge is 0.481 e. The number of rotatable bonds is 5. The Hall–Kier alpha value is -2.04. The lowest BCUT2D eigenvalue weighted by Gasteiger charge is -2.13. The van der Waals surface area contributed by atoms with Crippen molar-refractivity contribution >= 4 is 17.6 Å². The van der Waals surface area contributed by atoms with Crippen LogP contribution in [0.15, 0.2) is 24.3 Å². The smallest absolute Gasteiger partial charge is 0.311 e. The predicted octanol–water partition coefficient (Wildman–Crippen LogP) is 1.35. The number of nitrogens with zero attached hydrogens (tertiary/aromatic N) is 1. The van der Waals surface area contributed by atoms with Crippen molar-refractivity contribution in [1.82, 2.24) is 5.32 Å². The summed E-state index contributed by atoms with van der Waals surface area (Å²) >= 11 is 0. The third-order valence-corrected chi connectivity index (χ3v) is 3.54. The fourth-order valence-electron chi connectivity index (χ4n) is 1.88. The maximum atomic E-state index is 11.9. The molecule has 5 heteroatoms. The lowest BCUT2D eigenvalue weighted by molar-refractivity contribution is -0.143. The molecule has 2 N–H and O–H groups in total. The third kappa shape index (κ3) is 2.86. The number of hydrogen-bond donors (Lipinski definition) is 2. The molecule has 1 aliphatic carbocycles. The van der Waals surface area contributed by atoms with E-state index in [2.05, 4.69) is 5.32 Å². The van der Waals surface area contributed by atoms with E-state index < -0.39 is 11.4 Å². The van der Waals surface area contributed by atoms with Gasteiger partial charge < -0.3 is 15.3 Å². The summed E-state index contributed by atoms with van der Waals surface area (Å²) in [6, 6.07) is 7.20. The molecule has 0 atom stereocenters. The first-order chi connectivity index (χ1) is 8.94. The molecule has 0 saturated heterocycles. The standard InChI is InChI=1S/C14H18N2O3/c1-16(2)11-5-3-10(4-6-11)12(17)15-9-14(7-8-14)13(18)19/h3-6H,7-9H2,1-2H3,(H,15,17)(H,18,19). The number of anilines is 1. The zero-order valence-corrected chi connectivity index (χ0v) is 11.1. The van der Waals surface area contributed by atoms with Gasteiger partial charge in [0.1, 0.15) is 0 Å². The monoisotopic (exact) mass is 262 g/mol. The van der Waals surface area contributed by atoms with Crippen molar-refractivity contribution in [2.75, 3.05) is 25.5 Å². The van der Waals surface area contributed by atoms with Crippen molar-refractivity contribution in [3.05, 3.63) is 29.8 Å². The van der Waals surface area contributed by atoms with Gasteiger partial charge in [-0.25, -0.2) is 0 Å². The molecule has 1 fully saturated rings. The molecule has 0 aliphatic heterocycles. The van der Waals surface area contributed by atoms with Crippen molar-refractivity contribution < 1.29 is 14.7 Å². The van der Waals surface area contributed by atoms with Crippen LogP contribution in [0.2, 0.25) is 0 Å². The first-order valence-corrected chi connectivity index (χ1v) is 6.24. The van der Waals surface area contributed by atoms with E-state index in [0.29, 0.717) is 18.4 Å². The minimum atomic E-state index is -0.823. The molecule has 0 radical (unpaired) electrons. The topological polar surface area (TPSA) is 69.6 Å². The molecule has 102 valence electrons. The Kier molecular flexibility index (Phi) is 3.46. The Morgan fingerprint density at radius 1 is 1.26 bits per heavy atom. The van der Waals surface area contributed by atoms with Crippen LogP contribution in [0.5, 0.6) is 0 Å². The fourth-order valence-corrected chi connectivity index (χ4v) is 1.88. The summed E-state index contributed by atoms with van der Waals surface area (Å²) < 4.78 is 0. The Bertz CT molecular complexity index is 490. The van der Waals surface area contributed by atoms with Gasteiger partial charge in [0.2, 0.25) is 0 Å². The van der Waals surface area contributed by atoms with Crippen LogP contribution in [0, 0.1) is 5.41 Å². The van der Waals surface area contributed by atoms with E-state index in [1.54, 1.807) is 12.1 Å². The van der Waals surface area contributed by atoms with E-state index >= 15 is 0 Å². The first kappa shape index (κ1) is 13.4. The molecule has 1 aromatic carbocycles. The highest BCUT2D eigenvalue weighted by Crippen LogP contribution is 2.45. The van der Waals surface area contributed by atoms with Gasteiger partial charge in [-0.2, -0.15) is 0 Å². The number of aliphatic carboxylic acids is 1. The van der Waals surface area contributed by atoms with Crippen molar-refractivity contribution in [3.63, 3.8) is 0 Å². The molecular weight excluding hydrogens is 244 g/mol. The lowest BCUT2D eigenvalue weighted by Crippen LogP contribution is -2.34. The molecular formula is C14H18N2O3. The zero-order chi connectivity index (χ0) is 14.0. The molecule has 19 heavy (non-hydrogen) atoms. The minimum Gasteiger partial charge on any atom is -0.481 e. The third-order valence-electron chi connectivity index (χ3n) is 3.54. The van der Waals surface area contributed by atoms with E-state index in [4.69, 9.17) is 5.11 Å². The van der Waals surface area contributed by atoms with E-state index in [1.807, 2.05) is 31.1 Å². The van der Waals surface area contributed by atoms with Gasteiger partial charge in [-0.05, 0) is 37.1 Å². The zero-order valence-electron chi connectivity index (χ0n) is 11.1. The molecule has 2 rings (SSSR count). The van der Waals surface area contributed by atoms with Crippen LogP contribution >= 0.6 is 0 Å². The number of nitrogens with one attached hydrogen (secondary N) is 1. The van der Waals surface area contributed by atoms with Crippen LogP contribution in [-0.2, 0) is 4.79 Å². The highest BCUT2D eigenvalue weighted by molar-refractivity contribution is 5.95. The van der Waals surface area contributed by atoms with Crippen molar-refractivity contribution in [1.29, 1.82) is 0 Å². The van der Waals surface area contributed by atoms with Gasteiger partial charge in [-0.15, -0.1) is 0 Å². The summed E-state index contributed by atoms with van der Waals surface area (Å²) in [7, 11) is 3.86. The van der Waals surface area contributed by atoms with Gasteiger partial charge in [0.05, 0.1) is 5.41 Å².